The Bertz CT molecular complexity index is 489. The van der Waals surface area contributed by atoms with Crippen molar-refractivity contribution in [3.63, 3.8) is 0 Å². The molecule has 0 saturated carbocycles. The second-order valence-electron chi connectivity index (χ2n) is 8.06. The van der Waals surface area contributed by atoms with E-state index in [0.717, 1.165) is 5.75 Å². The van der Waals surface area contributed by atoms with Crippen LogP contribution in [-0.2, 0) is 10.2 Å². The Labute approximate surface area is 141 Å². The first-order valence-corrected chi connectivity index (χ1v) is 8.60. The van der Waals surface area contributed by atoms with Crippen molar-refractivity contribution in [1.82, 2.24) is 5.32 Å². The predicted octanol–water partition coefficient (Wildman–Crippen LogP) is 4.55. The van der Waals surface area contributed by atoms with Crippen LogP contribution in [0.3, 0.4) is 0 Å². The normalized spacial score (nSPS) is 13.5. The highest BCUT2D eigenvalue weighted by Crippen LogP contribution is 2.24. The van der Waals surface area contributed by atoms with Crippen molar-refractivity contribution < 1.29 is 9.53 Å². The molecule has 0 aliphatic heterocycles. The van der Waals surface area contributed by atoms with E-state index in [9.17, 15) is 4.79 Å². The van der Waals surface area contributed by atoms with E-state index in [1.54, 1.807) is 6.92 Å². The minimum atomic E-state index is -0.504. The molecule has 1 atom stereocenters. The van der Waals surface area contributed by atoms with Gasteiger partial charge in [0.1, 0.15) is 5.75 Å². The zero-order valence-corrected chi connectivity index (χ0v) is 15.9. The molecule has 23 heavy (non-hydrogen) atoms. The Morgan fingerprint density at radius 2 is 1.43 bits per heavy atom. The molecule has 0 heterocycles. The van der Waals surface area contributed by atoms with Gasteiger partial charge in [-0.15, -0.1) is 0 Å². The summed E-state index contributed by atoms with van der Waals surface area (Å²) >= 11 is 0. The highest BCUT2D eigenvalue weighted by atomic mass is 16.5. The smallest absolute Gasteiger partial charge is 0.261 e. The molecule has 1 aromatic carbocycles. The monoisotopic (exact) mass is 319 g/mol. The first-order valence-electron chi connectivity index (χ1n) is 8.60. The fourth-order valence-electron chi connectivity index (χ4n) is 2.68. The summed E-state index contributed by atoms with van der Waals surface area (Å²) in [5, 5.41) is 3.11. The van der Waals surface area contributed by atoms with Gasteiger partial charge in [-0.1, -0.05) is 60.6 Å². The van der Waals surface area contributed by atoms with Crippen LogP contribution >= 0.6 is 0 Å². The number of benzene rings is 1. The summed E-state index contributed by atoms with van der Waals surface area (Å²) < 4.78 is 5.79. The summed E-state index contributed by atoms with van der Waals surface area (Å²) in [7, 11) is 0. The number of ether oxygens (including phenoxy) is 1. The topological polar surface area (TPSA) is 38.3 Å². The third kappa shape index (κ3) is 5.89. The van der Waals surface area contributed by atoms with Crippen LogP contribution < -0.4 is 10.1 Å². The van der Waals surface area contributed by atoms with Crippen molar-refractivity contribution in [3.8, 4) is 5.75 Å². The first kappa shape index (κ1) is 19.5. The van der Waals surface area contributed by atoms with E-state index in [0.29, 0.717) is 11.8 Å². The molecule has 0 unspecified atom stereocenters. The third-order valence-electron chi connectivity index (χ3n) is 4.15. The average Bonchev–Trinajstić information content (AvgIpc) is 2.43. The predicted molar refractivity (Wildman–Crippen MR) is 96.8 cm³/mol. The molecule has 1 amide bonds. The van der Waals surface area contributed by atoms with Crippen LogP contribution in [0.15, 0.2) is 24.3 Å². The second-order valence-corrected chi connectivity index (χ2v) is 8.06. The molecule has 1 N–H and O–H groups in total. The molecule has 0 bridgehead atoms. The van der Waals surface area contributed by atoms with Gasteiger partial charge in [0.2, 0.25) is 0 Å². The van der Waals surface area contributed by atoms with Crippen LogP contribution in [0, 0.1) is 11.8 Å². The van der Waals surface area contributed by atoms with Crippen LogP contribution in [-0.4, -0.2) is 18.1 Å². The van der Waals surface area contributed by atoms with E-state index in [2.05, 4.69) is 65.9 Å². The quantitative estimate of drug-likeness (QED) is 0.835. The Kier molecular flexibility index (Phi) is 6.67. The highest BCUT2D eigenvalue weighted by Gasteiger charge is 2.23. The Morgan fingerprint density at radius 1 is 0.957 bits per heavy atom. The molecule has 3 nitrogen and oxygen atoms in total. The van der Waals surface area contributed by atoms with Crippen molar-refractivity contribution in [2.45, 2.75) is 73.0 Å². The molecule has 3 heteroatoms. The summed E-state index contributed by atoms with van der Waals surface area (Å²) in [4.78, 5) is 12.4. The molecule has 0 fully saturated rings. The van der Waals surface area contributed by atoms with Gasteiger partial charge in [-0.2, -0.15) is 0 Å². The van der Waals surface area contributed by atoms with Gasteiger partial charge in [0.15, 0.2) is 6.10 Å². The van der Waals surface area contributed by atoms with Crippen molar-refractivity contribution in [3.05, 3.63) is 29.8 Å². The first-order chi connectivity index (χ1) is 10.5. The van der Waals surface area contributed by atoms with Gasteiger partial charge in [-0.25, -0.2) is 0 Å². The molecule has 0 aliphatic rings. The van der Waals surface area contributed by atoms with E-state index in [4.69, 9.17) is 4.74 Å². The van der Waals surface area contributed by atoms with E-state index in [1.165, 1.54) is 5.56 Å². The van der Waals surface area contributed by atoms with Gasteiger partial charge in [0, 0.05) is 6.04 Å². The molecule has 1 rings (SSSR count). The van der Waals surface area contributed by atoms with E-state index < -0.39 is 6.10 Å². The van der Waals surface area contributed by atoms with Crippen LogP contribution in [0.2, 0.25) is 0 Å². The van der Waals surface area contributed by atoms with Crippen molar-refractivity contribution in [2.24, 2.45) is 11.8 Å². The lowest BCUT2D eigenvalue weighted by molar-refractivity contribution is -0.128. The summed E-state index contributed by atoms with van der Waals surface area (Å²) in [5.74, 6) is 1.47. The van der Waals surface area contributed by atoms with E-state index in [1.807, 2.05) is 12.1 Å². The molecule has 0 spiro atoms. The number of hydrogen-bond acceptors (Lipinski definition) is 2. The SMILES string of the molecule is CC(C)C(NC(=O)[C@@H](C)Oc1ccc(C(C)(C)C)cc1)C(C)C. The van der Waals surface area contributed by atoms with Gasteiger partial charge < -0.3 is 10.1 Å². The molecule has 0 aliphatic carbocycles. The fraction of sp³-hybridized carbons (Fsp3) is 0.650. The average molecular weight is 319 g/mol. The molecule has 0 aromatic heterocycles. The fourth-order valence-corrected chi connectivity index (χ4v) is 2.68. The number of carbonyl (C=O) groups excluding carboxylic acids is 1. The van der Waals surface area contributed by atoms with Gasteiger partial charge >= 0.3 is 0 Å². The standard InChI is InChI=1S/C20H33NO2/c1-13(2)18(14(3)4)21-19(22)15(5)23-17-11-9-16(10-12-17)20(6,7)8/h9-15,18H,1-8H3,(H,21,22)/t15-/m1/s1. The Balaban J connectivity index is 2.68. The summed E-state index contributed by atoms with van der Waals surface area (Å²) in [6.45, 7) is 16.8. The van der Waals surface area contributed by atoms with Gasteiger partial charge in [0.25, 0.3) is 5.91 Å². The lowest BCUT2D eigenvalue weighted by Crippen LogP contribution is -2.47. The second kappa shape index (κ2) is 7.85. The highest BCUT2D eigenvalue weighted by molar-refractivity contribution is 5.81. The minimum absolute atomic E-state index is 0.0581. The Morgan fingerprint density at radius 3 is 1.83 bits per heavy atom. The molecule has 1 aromatic rings. The van der Waals surface area contributed by atoms with E-state index in [-0.39, 0.29) is 17.4 Å². The van der Waals surface area contributed by atoms with Crippen LogP contribution in [0.5, 0.6) is 5.75 Å². The summed E-state index contributed by atoms with van der Waals surface area (Å²) in [6, 6.07) is 8.16. The number of rotatable bonds is 6. The molecule has 0 radical (unpaired) electrons. The third-order valence-corrected chi connectivity index (χ3v) is 4.15. The van der Waals surface area contributed by atoms with Crippen molar-refractivity contribution in [1.29, 1.82) is 0 Å². The van der Waals surface area contributed by atoms with Gasteiger partial charge in [-0.3, -0.25) is 4.79 Å². The largest absolute Gasteiger partial charge is 0.481 e. The number of hydrogen-bond donors (Lipinski definition) is 1. The zero-order chi connectivity index (χ0) is 17.8. The van der Waals surface area contributed by atoms with Crippen LogP contribution in [0.1, 0.15) is 61.0 Å². The minimum Gasteiger partial charge on any atom is -0.481 e. The summed E-state index contributed by atoms with van der Waals surface area (Å²) in [6.07, 6.45) is -0.504. The number of amides is 1. The molecule has 0 saturated heterocycles. The summed E-state index contributed by atoms with van der Waals surface area (Å²) in [5.41, 5.74) is 1.37. The van der Waals surface area contributed by atoms with Crippen LogP contribution in [0.4, 0.5) is 0 Å². The lowest BCUT2D eigenvalue weighted by Gasteiger charge is -2.27. The van der Waals surface area contributed by atoms with Crippen LogP contribution in [0.25, 0.3) is 0 Å². The Hall–Kier alpha value is -1.51. The molecular weight excluding hydrogens is 286 g/mol. The van der Waals surface area contributed by atoms with Crippen molar-refractivity contribution >= 4 is 5.91 Å². The number of carbonyl (C=O) groups is 1. The molecule has 130 valence electrons. The van der Waals surface area contributed by atoms with Crippen molar-refractivity contribution in [2.75, 3.05) is 0 Å². The maximum Gasteiger partial charge on any atom is 0.261 e. The number of nitrogens with one attached hydrogen (secondary N) is 1. The van der Waals surface area contributed by atoms with Gasteiger partial charge in [0.05, 0.1) is 0 Å². The maximum absolute atomic E-state index is 12.4. The van der Waals surface area contributed by atoms with E-state index >= 15 is 0 Å². The lowest BCUT2D eigenvalue weighted by atomic mass is 9.87. The zero-order valence-electron chi connectivity index (χ0n) is 15.9. The molecular formula is C20H33NO2. The maximum atomic E-state index is 12.4. The van der Waals surface area contributed by atoms with Gasteiger partial charge in [-0.05, 0) is 41.9 Å².